The van der Waals surface area contributed by atoms with Gasteiger partial charge in [-0.05, 0) is 18.5 Å². The standard InChI is InChI=1S/C4H5N3OS/c1-3-6-4(2-5-8)9-7-3/h2H2,1H3. The summed E-state index contributed by atoms with van der Waals surface area (Å²) in [6, 6.07) is 0. The summed E-state index contributed by atoms with van der Waals surface area (Å²) >= 11 is 1.22. The number of aryl methyl sites for hydroxylation is 1. The predicted octanol–water partition coefficient (Wildman–Crippen LogP) is 1.11. The van der Waals surface area contributed by atoms with Crippen molar-refractivity contribution in [2.75, 3.05) is 0 Å². The van der Waals surface area contributed by atoms with Crippen molar-refractivity contribution >= 4 is 11.5 Å². The average molecular weight is 143 g/mol. The summed E-state index contributed by atoms with van der Waals surface area (Å²) in [4.78, 5) is 13.6. The SMILES string of the molecule is Cc1nsc(CN=O)n1. The van der Waals surface area contributed by atoms with Crippen LogP contribution in [-0.2, 0) is 6.54 Å². The van der Waals surface area contributed by atoms with Gasteiger partial charge in [-0.1, -0.05) is 5.18 Å². The smallest absolute Gasteiger partial charge is 0.139 e. The summed E-state index contributed by atoms with van der Waals surface area (Å²) in [7, 11) is 0. The van der Waals surface area contributed by atoms with Crippen molar-refractivity contribution < 1.29 is 0 Å². The van der Waals surface area contributed by atoms with Gasteiger partial charge in [0.1, 0.15) is 17.4 Å². The molecule has 0 radical (unpaired) electrons. The Hall–Kier alpha value is -0.840. The summed E-state index contributed by atoms with van der Waals surface area (Å²) in [6.07, 6.45) is 0. The van der Waals surface area contributed by atoms with E-state index in [4.69, 9.17) is 0 Å². The van der Waals surface area contributed by atoms with E-state index in [1.165, 1.54) is 11.5 Å². The van der Waals surface area contributed by atoms with Gasteiger partial charge in [0.25, 0.3) is 0 Å². The molecule has 1 rings (SSSR count). The van der Waals surface area contributed by atoms with Gasteiger partial charge in [0.05, 0.1) is 0 Å². The Morgan fingerprint density at radius 2 is 2.56 bits per heavy atom. The van der Waals surface area contributed by atoms with Crippen molar-refractivity contribution in [3.8, 4) is 0 Å². The van der Waals surface area contributed by atoms with Crippen LogP contribution in [0.3, 0.4) is 0 Å². The van der Waals surface area contributed by atoms with E-state index in [2.05, 4.69) is 14.5 Å². The van der Waals surface area contributed by atoms with Crippen molar-refractivity contribution in [3.05, 3.63) is 15.7 Å². The van der Waals surface area contributed by atoms with E-state index in [9.17, 15) is 4.91 Å². The molecule has 0 spiro atoms. The van der Waals surface area contributed by atoms with Crippen LogP contribution in [-0.4, -0.2) is 9.36 Å². The summed E-state index contributed by atoms with van der Waals surface area (Å²) < 4.78 is 3.87. The highest BCUT2D eigenvalue weighted by Crippen LogP contribution is 2.03. The number of aromatic nitrogens is 2. The van der Waals surface area contributed by atoms with Crippen LogP contribution in [0.15, 0.2) is 5.18 Å². The number of hydrogen-bond acceptors (Lipinski definition) is 5. The van der Waals surface area contributed by atoms with Crippen LogP contribution in [0.2, 0.25) is 0 Å². The Labute approximate surface area is 56.1 Å². The van der Waals surface area contributed by atoms with E-state index >= 15 is 0 Å². The second-order valence-corrected chi connectivity index (χ2v) is 2.36. The first kappa shape index (κ1) is 6.28. The lowest BCUT2D eigenvalue weighted by Gasteiger charge is -1.75. The highest BCUT2D eigenvalue weighted by molar-refractivity contribution is 7.05. The monoisotopic (exact) mass is 143 g/mol. The molecular weight excluding hydrogens is 138 g/mol. The Balaban J connectivity index is 2.72. The van der Waals surface area contributed by atoms with Gasteiger partial charge < -0.3 is 0 Å². The topological polar surface area (TPSA) is 55.2 Å². The Morgan fingerprint density at radius 1 is 1.78 bits per heavy atom. The van der Waals surface area contributed by atoms with E-state index in [1.54, 1.807) is 6.92 Å². The Bertz CT molecular complexity index is 209. The molecule has 9 heavy (non-hydrogen) atoms. The second-order valence-electron chi connectivity index (χ2n) is 1.52. The molecule has 1 heterocycles. The van der Waals surface area contributed by atoms with Gasteiger partial charge in [-0.2, -0.15) is 9.28 Å². The van der Waals surface area contributed by atoms with E-state index in [0.29, 0.717) is 10.8 Å². The van der Waals surface area contributed by atoms with E-state index < -0.39 is 0 Å². The van der Waals surface area contributed by atoms with E-state index in [1.807, 2.05) is 0 Å². The average Bonchev–Trinajstić information content (AvgIpc) is 2.17. The minimum absolute atomic E-state index is 0.144. The molecule has 0 bridgehead atoms. The second kappa shape index (κ2) is 2.63. The highest BCUT2D eigenvalue weighted by atomic mass is 32.1. The summed E-state index contributed by atoms with van der Waals surface area (Å²) in [5.41, 5.74) is 0. The molecule has 5 heteroatoms. The maximum atomic E-state index is 9.67. The first-order chi connectivity index (χ1) is 4.33. The zero-order chi connectivity index (χ0) is 6.69. The fraction of sp³-hybridized carbons (Fsp3) is 0.500. The Morgan fingerprint density at radius 3 is 3.00 bits per heavy atom. The maximum Gasteiger partial charge on any atom is 0.139 e. The van der Waals surface area contributed by atoms with E-state index in [-0.39, 0.29) is 6.54 Å². The minimum atomic E-state index is 0.144. The van der Waals surface area contributed by atoms with Crippen molar-refractivity contribution in [2.24, 2.45) is 5.18 Å². The van der Waals surface area contributed by atoms with Crippen LogP contribution >= 0.6 is 11.5 Å². The molecule has 0 aliphatic rings. The Kier molecular flexibility index (Phi) is 1.84. The maximum absolute atomic E-state index is 9.67. The third-order valence-corrected chi connectivity index (χ3v) is 1.56. The highest BCUT2D eigenvalue weighted by Gasteiger charge is 1.97. The van der Waals surface area contributed by atoms with E-state index in [0.717, 1.165) is 0 Å². The molecule has 0 fully saturated rings. The van der Waals surface area contributed by atoms with Crippen LogP contribution in [0, 0.1) is 11.8 Å². The molecule has 0 saturated carbocycles. The summed E-state index contributed by atoms with van der Waals surface area (Å²) in [5, 5.41) is 3.36. The van der Waals surface area contributed by atoms with Gasteiger partial charge >= 0.3 is 0 Å². The lowest BCUT2D eigenvalue weighted by Crippen LogP contribution is -1.77. The van der Waals surface area contributed by atoms with Crippen molar-refractivity contribution in [1.29, 1.82) is 0 Å². The van der Waals surface area contributed by atoms with Gasteiger partial charge in [-0.15, -0.1) is 0 Å². The molecule has 0 amide bonds. The number of nitrogens with zero attached hydrogens (tertiary/aromatic N) is 3. The van der Waals surface area contributed by atoms with Gasteiger partial charge in [-0.3, -0.25) is 0 Å². The summed E-state index contributed by atoms with van der Waals surface area (Å²) in [6.45, 7) is 1.93. The first-order valence-electron chi connectivity index (χ1n) is 2.41. The number of rotatable bonds is 2. The number of hydrogen-bond donors (Lipinski definition) is 0. The van der Waals surface area contributed by atoms with Crippen LogP contribution in [0.5, 0.6) is 0 Å². The third kappa shape index (κ3) is 1.53. The lowest BCUT2D eigenvalue weighted by molar-refractivity contribution is 1.000. The van der Waals surface area contributed by atoms with Crippen LogP contribution in [0.4, 0.5) is 0 Å². The van der Waals surface area contributed by atoms with Crippen molar-refractivity contribution in [3.63, 3.8) is 0 Å². The zero-order valence-electron chi connectivity index (χ0n) is 4.87. The molecule has 0 saturated heterocycles. The molecular formula is C4H5N3OS. The molecule has 4 nitrogen and oxygen atoms in total. The normalized spacial score (nSPS) is 9.44. The molecule has 0 N–H and O–H groups in total. The summed E-state index contributed by atoms with van der Waals surface area (Å²) in [5.74, 6) is 0.707. The molecule has 1 aromatic heterocycles. The molecule has 1 aromatic rings. The van der Waals surface area contributed by atoms with Crippen molar-refractivity contribution in [1.82, 2.24) is 9.36 Å². The molecule has 0 aliphatic carbocycles. The van der Waals surface area contributed by atoms with Gasteiger partial charge in [0.15, 0.2) is 0 Å². The molecule has 0 aliphatic heterocycles. The fourth-order valence-electron chi connectivity index (χ4n) is 0.459. The van der Waals surface area contributed by atoms with Crippen molar-refractivity contribution in [2.45, 2.75) is 13.5 Å². The van der Waals surface area contributed by atoms with Crippen LogP contribution in [0.1, 0.15) is 10.8 Å². The lowest BCUT2D eigenvalue weighted by atomic mass is 10.7. The molecule has 0 atom stereocenters. The molecule has 48 valence electrons. The predicted molar refractivity (Wildman–Crippen MR) is 34.1 cm³/mol. The van der Waals surface area contributed by atoms with Crippen LogP contribution < -0.4 is 0 Å². The largest absolute Gasteiger partial charge is 0.223 e. The van der Waals surface area contributed by atoms with Gasteiger partial charge in [-0.25, -0.2) is 4.98 Å². The van der Waals surface area contributed by atoms with Crippen LogP contribution in [0.25, 0.3) is 0 Å². The third-order valence-electron chi connectivity index (χ3n) is 0.769. The zero-order valence-corrected chi connectivity index (χ0v) is 5.68. The minimum Gasteiger partial charge on any atom is -0.223 e. The quantitative estimate of drug-likeness (QED) is 0.583. The van der Waals surface area contributed by atoms with Gasteiger partial charge in [0.2, 0.25) is 0 Å². The fourth-order valence-corrected chi connectivity index (χ4v) is 1.02. The first-order valence-corrected chi connectivity index (χ1v) is 3.18. The molecule has 0 aromatic carbocycles. The molecule has 0 unspecified atom stereocenters. The van der Waals surface area contributed by atoms with Gasteiger partial charge in [0, 0.05) is 0 Å². The number of nitroso groups, excluding NO2 is 1.